The summed E-state index contributed by atoms with van der Waals surface area (Å²) < 4.78 is 0. The Morgan fingerprint density at radius 1 is 0.889 bits per heavy atom. The number of aryl methyl sites for hydroxylation is 2. The molecule has 0 radical (unpaired) electrons. The van der Waals surface area contributed by atoms with E-state index in [2.05, 4.69) is 35.3 Å². The summed E-state index contributed by atoms with van der Waals surface area (Å²) in [5.74, 6) is 0. The van der Waals surface area contributed by atoms with Gasteiger partial charge in [0.25, 0.3) is 0 Å². The van der Waals surface area contributed by atoms with Crippen LogP contribution in [0.2, 0.25) is 0 Å². The van der Waals surface area contributed by atoms with E-state index in [0.717, 1.165) is 31.4 Å². The molecule has 0 aliphatic rings. The van der Waals surface area contributed by atoms with Gasteiger partial charge in [0.1, 0.15) is 0 Å². The van der Waals surface area contributed by atoms with Gasteiger partial charge >= 0.3 is 0 Å². The minimum atomic E-state index is 0.257. The Kier molecular flexibility index (Phi) is 4.91. The van der Waals surface area contributed by atoms with E-state index in [9.17, 15) is 0 Å². The van der Waals surface area contributed by atoms with Crippen LogP contribution in [0.25, 0.3) is 0 Å². The maximum absolute atomic E-state index is 6.14. The minimum absolute atomic E-state index is 0.257. The molecule has 0 saturated carbocycles. The first-order valence-corrected chi connectivity index (χ1v) is 6.54. The van der Waals surface area contributed by atoms with Gasteiger partial charge in [-0.15, -0.1) is 0 Å². The van der Waals surface area contributed by atoms with Crippen molar-refractivity contribution in [2.45, 2.75) is 31.7 Å². The molecule has 2 heteroatoms. The number of nitrogens with zero attached hydrogens (tertiary/aromatic N) is 1. The first-order chi connectivity index (χ1) is 8.84. The molecule has 18 heavy (non-hydrogen) atoms. The summed E-state index contributed by atoms with van der Waals surface area (Å²) in [4.78, 5) is 4.31. The highest BCUT2D eigenvalue weighted by Crippen LogP contribution is 2.08. The maximum atomic E-state index is 6.14. The van der Waals surface area contributed by atoms with E-state index in [4.69, 9.17) is 5.73 Å². The van der Waals surface area contributed by atoms with E-state index in [0.29, 0.717) is 0 Å². The first kappa shape index (κ1) is 12.8. The van der Waals surface area contributed by atoms with E-state index in [1.165, 1.54) is 5.56 Å². The Balaban J connectivity index is 1.71. The third-order valence-corrected chi connectivity index (χ3v) is 3.14. The van der Waals surface area contributed by atoms with E-state index < -0.39 is 0 Å². The highest BCUT2D eigenvalue weighted by Gasteiger charge is 2.04. The highest BCUT2D eigenvalue weighted by atomic mass is 14.7. The third kappa shape index (κ3) is 4.30. The predicted octanol–water partition coefficient (Wildman–Crippen LogP) is 2.97. The molecular formula is C16H20N2. The normalized spacial score (nSPS) is 12.3. The Morgan fingerprint density at radius 2 is 1.61 bits per heavy atom. The summed E-state index contributed by atoms with van der Waals surface area (Å²) >= 11 is 0. The van der Waals surface area contributed by atoms with Gasteiger partial charge in [0.05, 0.1) is 0 Å². The van der Waals surface area contributed by atoms with Crippen molar-refractivity contribution in [2.75, 3.05) is 0 Å². The van der Waals surface area contributed by atoms with Gasteiger partial charge in [-0.2, -0.15) is 0 Å². The summed E-state index contributed by atoms with van der Waals surface area (Å²) in [6.07, 6.45) is 5.91. The second-order valence-corrected chi connectivity index (χ2v) is 4.64. The summed E-state index contributed by atoms with van der Waals surface area (Å²) in [6.45, 7) is 0. The van der Waals surface area contributed by atoms with Crippen LogP contribution >= 0.6 is 0 Å². The Bertz CT molecular complexity index is 396. The van der Waals surface area contributed by atoms with E-state index >= 15 is 0 Å². The molecule has 1 heterocycles. The Hall–Kier alpha value is -1.67. The van der Waals surface area contributed by atoms with Crippen LogP contribution in [0.3, 0.4) is 0 Å². The van der Waals surface area contributed by atoms with Crippen LogP contribution < -0.4 is 5.73 Å². The molecule has 94 valence electrons. The van der Waals surface area contributed by atoms with Gasteiger partial charge in [-0.25, -0.2) is 0 Å². The van der Waals surface area contributed by atoms with Crippen LogP contribution in [-0.4, -0.2) is 11.0 Å². The lowest BCUT2D eigenvalue weighted by Gasteiger charge is -2.11. The second-order valence-electron chi connectivity index (χ2n) is 4.64. The number of hydrogen-bond donors (Lipinski definition) is 1. The van der Waals surface area contributed by atoms with Gasteiger partial charge in [-0.05, 0) is 43.4 Å². The second kappa shape index (κ2) is 6.92. The molecule has 2 N–H and O–H groups in total. The molecule has 1 aromatic carbocycles. The summed E-state index contributed by atoms with van der Waals surface area (Å²) in [6, 6.07) is 16.8. The maximum Gasteiger partial charge on any atom is 0.0404 e. The molecule has 1 aromatic heterocycles. The first-order valence-electron chi connectivity index (χ1n) is 6.54. The summed E-state index contributed by atoms with van der Waals surface area (Å²) in [7, 11) is 0. The zero-order chi connectivity index (χ0) is 12.6. The molecule has 2 nitrogen and oxygen atoms in total. The van der Waals surface area contributed by atoms with Crippen LogP contribution in [-0.2, 0) is 12.8 Å². The number of pyridine rings is 1. The standard InChI is InChI=1S/C16H20N2/c17-15(10-9-14-6-2-1-3-7-14)11-12-16-8-4-5-13-18-16/h1-8,13,15H,9-12,17H2. The zero-order valence-corrected chi connectivity index (χ0v) is 10.6. The molecule has 0 fully saturated rings. The summed E-state index contributed by atoms with van der Waals surface area (Å²) in [5, 5.41) is 0. The van der Waals surface area contributed by atoms with Crippen molar-refractivity contribution in [2.24, 2.45) is 5.73 Å². The quantitative estimate of drug-likeness (QED) is 0.843. The van der Waals surface area contributed by atoms with Crippen LogP contribution in [0.15, 0.2) is 54.7 Å². The van der Waals surface area contributed by atoms with Crippen molar-refractivity contribution in [1.29, 1.82) is 0 Å². The van der Waals surface area contributed by atoms with Gasteiger partial charge in [-0.3, -0.25) is 4.98 Å². The number of hydrogen-bond acceptors (Lipinski definition) is 2. The number of nitrogens with two attached hydrogens (primary N) is 1. The highest BCUT2D eigenvalue weighted by molar-refractivity contribution is 5.14. The molecule has 0 spiro atoms. The number of benzene rings is 1. The lowest BCUT2D eigenvalue weighted by Crippen LogP contribution is -2.21. The van der Waals surface area contributed by atoms with Gasteiger partial charge < -0.3 is 5.73 Å². The van der Waals surface area contributed by atoms with E-state index in [1.54, 1.807) is 0 Å². The molecule has 2 aromatic rings. The van der Waals surface area contributed by atoms with Crippen LogP contribution in [0, 0.1) is 0 Å². The van der Waals surface area contributed by atoms with Crippen LogP contribution in [0.4, 0.5) is 0 Å². The van der Waals surface area contributed by atoms with E-state index in [-0.39, 0.29) is 6.04 Å². The Morgan fingerprint density at radius 3 is 2.33 bits per heavy atom. The van der Waals surface area contributed by atoms with Gasteiger partial charge in [0.15, 0.2) is 0 Å². The fourth-order valence-electron chi connectivity index (χ4n) is 2.02. The lowest BCUT2D eigenvalue weighted by molar-refractivity contribution is 0.565. The fraction of sp³-hybridized carbons (Fsp3) is 0.312. The summed E-state index contributed by atoms with van der Waals surface area (Å²) in [5.41, 5.74) is 8.64. The van der Waals surface area contributed by atoms with Crippen LogP contribution in [0.5, 0.6) is 0 Å². The van der Waals surface area contributed by atoms with Gasteiger partial charge in [-0.1, -0.05) is 36.4 Å². The molecule has 0 aliphatic heterocycles. The van der Waals surface area contributed by atoms with E-state index in [1.807, 2.05) is 24.4 Å². The van der Waals surface area contributed by atoms with Gasteiger partial charge in [0.2, 0.25) is 0 Å². The molecule has 0 saturated heterocycles. The smallest absolute Gasteiger partial charge is 0.0404 e. The molecule has 2 rings (SSSR count). The van der Waals surface area contributed by atoms with Crippen molar-refractivity contribution < 1.29 is 0 Å². The largest absolute Gasteiger partial charge is 0.328 e. The average Bonchev–Trinajstić information content (AvgIpc) is 2.45. The van der Waals surface area contributed by atoms with Crippen molar-refractivity contribution in [3.63, 3.8) is 0 Å². The van der Waals surface area contributed by atoms with Gasteiger partial charge in [0, 0.05) is 17.9 Å². The van der Waals surface area contributed by atoms with Crippen molar-refractivity contribution in [3.8, 4) is 0 Å². The number of aromatic nitrogens is 1. The van der Waals surface area contributed by atoms with Crippen molar-refractivity contribution in [1.82, 2.24) is 4.98 Å². The molecule has 0 amide bonds. The zero-order valence-electron chi connectivity index (χ0n) is 10.6. The molecule has 0 bridgehead atoms. The topological polar surface area (TPSA) is 38.9 Å². The van der Waals surface area contributed by atoms with Crippen LogP contribution in [0.1, 0.15) is 24.1 Å². The monoisotopic (exact) mass is 240 g/mol. The minimum Gasteiger partial charge on any atom is -0.328 e. The lowest BCUT2D eigenvalue weighted by atomic mass is 10.0. The average molecular weight is 240 g/mol. The van der Waals surface area contributed by atoms with Crippen molar-refractivity contribution >= 4 is 0 Å². The molecular weight excluding hydrogens is 220 g/mol. The fourth-order valence-corrected chi connectivity index (χ4v) is 2.02. The Labute approximate surface area is 109 Å². The number of rotatable bonds is 6. The predicted molar refractivity (Wildman–Crippen MR) is 75.3 cm³/mol. The SMILES string of the molecule is NC(CCc1ccccc1)CCc1ccccn1. The molecule has 1 atom stereocenters. The van der Waals surface area contributed by atoms with Crippen molar-refractivity contribution in [3.05, 3.63) is 66.0 Å². The third-order valence-electron chi connectivity index (χ3n) is 3.14. The molecule has 1 unspecified atom stereocenters. The molecule has 0 aliphatic carbocycles.